The van der Waals surface area contributed by atoms with Crippen LogP contribution in [0.3, 0.4) is 0 Å². The summed E-state index contributed by atoms with van der Waals surface area (Å²) in [4.78, 5) is 25.6. The molecule has 0 spiro atoms. The van der Waals surface area contributed by atoms with E-state index < -0.39 is 6.16 Å². The van der Waals surface area contributed by atoms with E-state index >= 15 is 0 Å². The van der Waals surface area contributed by atoms with Crippen LogP contribution in [0.2, 0.25) is 0 Å². The molecular weight excluding hydrogens is 344 g/mol. The van der Waals surface area contributed by atoms with Gasteiger partial charge in [-0.05, 0) is 31.8 Å². The molecule has 3 rings (SSSR count). The summed E-state index contributed by atoms with van der Waals surface area (Å²) in [7, 11) is 3.96. The number of anilines is 1. The first-order valence-electron chi connectivity index (χ1n) is 7.36. The largest absolute Gasteiger partial charge is 0.512 e. The van der Waals surface area contributed by atoms with E-state index in [1.165, 1.54) is 6.07 Å². The van der Waals surface area contributed by atoms with Crippen molar-refractivity contribution < 1.29 is 19.4 Å². The third-order valence-electron chi connectivity index (χ3n) is 3.37. The van der Waals surface area contributed by atoms with Crippen LogP contribution in [0.25, 0.3) is 10.2 Å². The van der Waals surface area contributed by atoms with E-state index in [9.17, 15) is 9.59 Å². The van der Waals surface area contributed by atoms with Gasteiger partial charge in [-0.1, -0.05) is 23.5 Å². The number of H-pyrrole nitrogens is 1. The summed E-state index contributed by atoms with van der Waals surface area (Å²) < 4.78 is 4.62. The number of carboxylic acid groups (broad SMARTS) is 1. The molecule has 130 valence electrons. The fraction of sp³-hybridized carbons (Fsp3) is 0.188. The molecule has 0 radical (unpaired) electrons. The number of carbonyl (C=O) groups is 2. The number of aromatic nitrogens is 2. The van der Waals surface area contributed by atoms with Gasteiger partial charge in [0.05, 0.1) is 5.39 Å². The van der Waals surface area contributed by atoms with Crippen LogP contribution in [0.15, 0.2) is 30.3 Å². The summed E-state index contributed by atoms with van der Waals surface area (Å²) in [5.74, 6) is 0.0329. The lowest BCUT2D eigenvalue weighted by Gasteiger charge is -2.10. The monoisotopic (exact) mass is 360 g/mol. The zero-order valence-electron chi connectivity index (χ0n) is 13.6. The molecule has 9 heteroatoms. The first kappa shape index (κ1) is 16.9. The van der Waals surface area contributed by atoms with Crippen LogP contribution in [0.1, 0.15) is 15.9 Å². The predicted octanol–water partition coefficient (Wildman–Crippen LogP) is 3.00. The number of rotatable bonds is 5. The van der Waals surface area contributed by atoms with Crippen LogP contribution in [0.4, 0.5) is 10.6 Å². The number of hydrogen-bond donors (Lipinski definition) is 3. The Labute approximate surface area is 147 Å². The molecule has 0 saturated heterocycles. The van der Waals surface area contributed by atoms with E-state index in [1.54, 1.807) is 12.1 Å². The number of amides is 1. The van der Waals surface area contributed by atoms with E-state index in [4.69, 9.17) is 5.11 Å². The number of thiophene rings is 1. The molecule has 0 aliphatic heterocycles. The minimum atomic E-state index is -1.39. The molecule has 8 nitrogen and oxygen atoms in total. The van der Waals surface area contributed by atoms with Crippen molar-refractivity contribution >= 4 is 39.4 Å². The fourth-order valence-corrected chi connectivity index (χ4v) is 3.18. The smallest absolute Gasteiger partial charge is 0.449 e. The second kappa shape index (κ2) is 6.91. The Morgan fingerprint density at radius 2 is 2.04 bits per heavy atom. The number of nitrogens with zero attached hydrogens (tertiary/aromatic N) is 2. The third kappa shape index (κ3) is 3.95. The Morgan fingerprint density at radius 3 is 2.68 bits per heavy atom. The van der Waals surface area contributed by atoms with Gasteiger partial charge in [-0.15, -0.1) is 0 Å². The molecule has 2 heterocycles. The van der Waals surface area contributed by atoms with Gasteiger partial charge >= 0.3 is 6.16 Å². The summed E-state index contributed by atoms with van der Waals surface area (Å²) in [5, 5.41) is 19.0. The zero-order chi connectivity index (χ0) is 18.0. The molecule has 1 aromatic carbocycles. The minimum Gasteiger partial charge on any atom is -0.449 e. The highest BCUT2D eigenvalue weighted by atomic mass is 32.1. The second-order valence-electron chi connectivity index (χ2n) is 5.64. The lowest BCUT2D eigenvalue weighted by molar-refractivity contribution is 0.102. The van der Waals surface area contributed by atoms with Crippen molar-refractivity contribution in [2.24, 2.45) is 0 Å². The summed E-state index contributed by atoms with van der Waals surface area (Å²) in [5.41, 5.74) is 1.62. The molecular formula is C16H16N4O4S. The quantitative estimate of drug-likeness (QED) is 0.604. The summed E-state index contributed by atoms with van der Waals surface area (Å²) >= 11 is 1.10. The molecule has 0 aliphatic carbocycles. The van der Waals surface area contributed by atoms with Crippen molar-refractivity contribution in [3.05, 3.63) is 41.5 Å². The maximum absolute atomic E-state index is 12.4. The standard InChI is InChI=1S/C16H16N4O4S/c1-20(2)8-9-3-5-10(6-4-9)14(21)17-13-11-7-12(24-16(22)23)25-15(11)19-18-13/h3-7H,8H2,1-2H3,(H,22,23)(H2,17,18,19,21). The van der Waals surface area contributed by atoms with E-state index in [0.29, 0.717) is 21.6 Å². The minimum absolute atomic E-state index is 0.208. The molecule has 3 N–H and O–H groups in total. The fourth-order valence-electron chi connectivity index (χ4n) is 2.33. The van der Waals surface area contributed by atoms with Crippen LogP contribution in [-0.2, 0) is 6.54 Å². The van der Waals surface area contributed by atoms with E-state index in [-0.39, 0.29) is 11.0 Å². The van der Waals surface area contributed by atoms with Crippen LogP contribution < -0.4 is 10.1 Å². The van der Waals surface area contributed by atoms with Crippen LogP contribution in [0, 0.1) is 0 Å². The topological polar surface area (TPSA) is 108 Å². The Hall–Kier alpha value is -2.91. The maximum atomic E-state index is 12.4. The first-order valence-corrected chi connectivity index (χ1v) is 8.17. The molecule has 2 aromatic heterocycles. The van der Waals surface area contributed by atoms with Crippen LogP contribution >= 0.6 is 11.3 Å². The van der Waals surface area contributed by atoms with Gasteiger partial charge in [0, 0.05) is 18.2 Å². The van der Waals surface area contributed by atoms with Gasteiger partial charge in [-0.2, -0.15) is 5.10 Å². The molecule has 0 bridgehead atoms. The highest BCUT2D eigenvalue weighted by Gasteiger charge is 2.15. The normalized spacial score (nSPS) is 11.0. The van der Waals surface area contributed by atoms with Crippen molar-refractivity contribution in [1.29, 1.82) is 0 Å². The van der Waals surface area contributed by atoms with Crippen molar-refractivity contribution in [3.8, 4) is 5.06 Å². The van der Waals surface area contributed by atoms with Crippen LogP contribution in [0.5, 0.6) is 5.06 Å². The van der Waals surface area contributed by atoms with Gasteiger partial charge in [0.2, 0.25) is 0 Å². The Bertz CT molecular complexity index is 914. The maximum Gasteiger partial charge on any atom is 0.512 e. The van der Waals surface area contributed by atoms with Gasteiger partial charge in [0.15, 0.2) is 10.9 Å². The van der Waals surface area contributed by atoms with Gasteiger partial charge in [0.25, 0.3) is 5.91 Å². The van der Waals surface area contributed by atoms with E-state index in [0.717, 1.165) is 23.4 Å². The number of hydrogen-bond acceptors (Lipinski definition) is 6. The number of aromatic amines is 1. The van der Waals surface area contributed by atoms with Gasteiger partial charge in [-0.3, -0.25) is 9.89 Å². The molecule has 0 aliphatic rings. The van der Waals surface area contributed by atoms with Crippen molar-refractivity contribution in [2.75, 3.05) is 19.4 Å². The van der Waals surface area contributed by atoms with E-state index in [1.807, 2.05) is 31.1 Å². The number of ether oxygens (including phenoxy) is 1. The third-order valence-corrected chi connectivity index (χ3v) is 4.29. The Morgan fingerprint density at radius 1 is 1.32 bits per heavy atom. The average molecular weight is 360 g/mol. The lowest BCUT2D eigenvalue weighted by atomic mass is 10.1. The Kier molecular flexibility index (Phi) is 4.68. The summed E-state index contributed by atoms with van der Waals surface area (Å²) in [6, 6.07) is 8.83. The van der Waals surface area contributed by atoms with E-state index in [2.05, 4.69) is 20.3 Å². The van der Waals surface area contributed by atoms with Gasteiger partial charge < -0.3 is 20.1 Å². The highest BCUT2D eigenvalue weighted by molar-refractivity contribution is 7.20. The van der Waals surface area contributed by atoms with Gasteiger partial charge in [0.1, 0.15) is 4.83 Å². The number of nitrogens with one attached hydrogen (secondary N) is 2. The lowest BCUT2D eigenvalue weighted by Crippen LogP contribution is -2.13. The molecule has 25 heavy (non-hydrogen) atoms. The summed E-state index contributed by atoms with van der Waals surface area (Å²) in [6.07, 6.45) is -1.39. The van der Waals surface area contributed by atoms with Crippen molar-refractivity contribution in [1.82, 2.24) is 15.1 Å². The molecule has 0 atom stereocenters. The predicted molar refractivity (Wildman–Crippen MR) is 94.4 cm³/mol. The Balaban J connectivity index is 1.75. The zero-order valence-corrected chi connectivity index (χ0v) is 14.4. The van der Waals surface area contributed by atoms with Crippen molar-refractivity contribution in [2.45, 2.75) is 6.54 Å². The molecule has 0 unspecified atom stereocenters. The molecule has 0 fully saturated rings. The summed E-state index contributed by atoms with van der Waals surface area (Å²) in [6.45, 7) is 0.795. The molecule has 3 aromatic rings. The first-order chi connectivity index (χ1) is 11.9. The molecule has 0 saturated carbocycles. The average Bonchev–Trinajstić information content (AvgIpc) is 3.08. The number of carbonyl (C=O) groups excluding carboxylic acids is 1. The number of benzene rings is 1. The number of fused-ring (bicyclic) bond motifs is 1. The second-order valence-corrected chi connectivity index (χ2v) is 6.65. The highest BCUT2D eigenvalue weighted by Crippen LogP contribution is 2.34. The van der Waals surface area contributed by atoms with Crippen molar-refractivity contribution in [3.63, 3.8) is 0 Å². The van der Waals surface area contributed by atoms with Gasteiger partial charge in [-0.25, -0.2) is 4.79 Å². The SMILES string of the molecule is CN(C)Cc1ccc(C(=O)Nc2n[nH]c3sc(OC(=O)O)cc23)cc1. The van der Waals surface area contributed by atoms with Crippen LogP contribution in [-0.4, -0.2) is 46.4 Å². The molecule has 1 amide bonds.